The third kappa shape index (κ3) is 5.83. The van der Waals surface area contributed by atoms with Gasteiger partial charge in [-0.3, -0.25) is 4.79 Å². The Morgan fingerprint density at radius 1 is 1.15 bits per heavy atom. The van der Waals surface area contributed by atoms with E-state index < -0.39 is 0 Å². The van der Waals surface area contributed by atoms with Gasteiger partial charge in [-0.1, -0.05) is 65.0 Å². The van der Waals surface area contributed by atoms with E-state index in [0.29, 0.717) is 14.5 Å². The summed E-state index contributed by atoms with van der Waals surface area (Å²) in [4.78, 5) is 11.8. The molecule has 1 aromatic heterocycles. The van der Waals surface area contributed by atoms with Gasteiger partial charge in [-0.2, -0.15) is 5.10 Å². The smallest absolute Gasteiger partial charge is 0.250 e. The van der Waals surface area contributed by atoms with Gasteiger partial charge in [0.15, 0.2) is 4.34 Å². The average molecular weight is 404 g/mol. The van der Waals surface area contributed by atoms with Crippen molar-refractivity contribution in [2.24, 2.45) is 5.10 Å². The van der Waals surface area contributed by atoms with Crippen molar-refractivity contribution < 1.29 is 4.79 Å². The molecule has 0 fully saturated rings. The number of carbonyl (C=O) groups is 1. The molecule has 6 nitrogen and oxygen atoms in total. The number of amides is 1. The highest BCUT2D eigenvalue weighted by molar-refractivity contribution is 8.01. The van der Waals surface area contributed by atoms with E-state index in [1.807, 2.05) is 42.5 Å². The monoisotopic (exact) mass is 403 g/mol. The summed E-state index contributed by atoms with van der Waals surface area (Å²) in [7, 11) is 0. The van der Waals surface area contributed by atoms with Crippen LogP contribution in [0.1, 0.15) is 5.56 Å². The number of para-hydroxylation sites is 1. The van der Waals surface area contributed by atoms with Crippen molar-refractivity contribution in [3.8, 4) is 0 Å². The Kier molecular flexibility index (Phi) is 6.59. The highest BCUT2D eigenvalue weighted by Gasteiger charge is 2.08. The summed E-state index contributed by atoms with van der Waals surface area (Å²) in [5, 5.41) is 16.5. The van der Waals surface area contributed by atoms with E-state index in [4.69, 9.17) is 11.6 Å². The van der Waals surface area contributed by atoms with Crippen LogP contribution in [0.25, 0.3) is 0 Å². The summed E-state index contributed by atoms with van der Waals surface area (Å²) in [5.74, 6) is -0.00855. The number of hydrazone groups is 1. The molecule has 0 radical (unpaired) electrons. The number of aromatic nitrogens is 2. The molecule has 0 atom stereocenters. The topological polar surface area (TPSA) is 79.3 Å². The second-order valence-electron chi connectivity index (χ2n) is 5.00. The van der Waals surface area contributed by atoms with Gasteiger partial charge in [0.25, 0.3) is 5.91 Å². The van der Waals surface area contributed by atoms with Gasteiger partial charge in [0.2, 0.25) is 5.13 Å². The van der Waals surface area contributed by atoms with Gasteiger partial charge < -0.3 is 5.32 Å². The Balaban J connectivity index is 1.43. The molecule has 0 bridgehead atoms. The number of hydrogen-bond acceptors (Lipinski definition) is 7. The van der Waals surface area contributed by atoms with Gasteiger partial charge in [0, 0.05) is 10.7 Å². The summed E-state index contributed by atoms with van der Waals surface area (Å²) in [6, 6.07) is 16.9. The first-order chi connectivity index (χ1) is 12.7. The molecule has 0 spiro atoms. The summed E-state index contributed by atoms with van der Waals surface area (Å²) >= 11 is 8.51. The van der Waals surface area contributed by atoms with Crippen LogP contribution in [-0.4, -0.2) is 28.1 Å². The molecule has 26 heavy (non-hydrogen) atoms. The second kappa shape index (κ2) is 9.33. The number of nitrogens with one attached hydrogen (secondary N) is 2. The molecular formula is C17H14ClN5OS2. The van der Waals surface area contributed by atoms with Crippen molar-refractivity contribution >= 4 is 57.6 Å². The predicted octanol–water partition coefficient (Wildman–Crippen LogP) is 4.18. The summed E-state index contributed by atoms with van der Waals surface area (Å²) < 4.78 is 0.709. The molecular weight excluding hydrogens is 390 g/mol. The Morgan fingerprint density at radius 3 is 2.69 bits per heavy atom. The van der Waals surface area contributed by atoms with Crippen LogP contribution in [0.3, 0.4) is 0 Å². The molecule has 0 aliphatic carbocycles. The van der Waals surface area contributed by atoms with Gasteiger partial charge >= 0.3 is 0 Å². The van der Waals surface area contributed by atoms with Gasteiger partial charge in [0.05, 0.1) is 12.0 Å². The molecule has 0 unspecified atom stereocenters. The van der Waals surface area contributed by atoms with E-state index in [-0.39, 0.29) is 11.7 Å². The van der Waals surface area contributed by atoms with Crippen LogP contribution >= 0.6 is 34.7 Å². The van der Waals surface area contributed by atoms with E-state index in [2.05, 4.69) is 26.0 Å². The van der Waals surface area contributed by atoms with Gasteiger partial charge in [-0.25, -0.2) is 5.43 Å². The number of halogens is 1. The minimum absolute atomic E-state index is 0.206. The fourth-order valence-corrected chi connectivity index (χ4v) is 3.54. The van der Waals surface area contributed by atoms with Gasteiger partial charge in [-0.15, -0.1) is 10.2 Å². The first kappa shape index (κ1) is 18.4. The Labute approximate surface area is 163 Å². The first-order valence-corrected chi connectivity index (χ1v) is 9.73. The fourth-order valence-electron chi connectivity index (χ4n) is 1.85. The maximum Gasteiger partial charge on any atom is 0.250 e. The third-order valence-corrected chi connectivity index (χ3v) is 5.26. The molecule has 9 heteroatoms. The number of benzene rings is 2. The average Bonchev–Trinajstić information content (AvgIpc) is 3.10. The fraction of sp³-hybridized carbons (Fsp3) is 0.0588. The molecule has 0 saturated carbocycles. The molecule has 0 aliphatic heterocycles. The zero-order valence-electron chi connectivity index (χ0n) is 13.4. The normalized spacial score (nSPS) is 10.8. The van der Waals surface area contributed by atoms with E-state index in [0.717, 1.165) is 11.3 Å². The number of carbonyl (C=O) groups excluding carboxylic acids is 1. The van der Waals surface area contributed by atoms with Crippen molar-refractivity contribution in [3.63, 3.8) is 0 Å². The number of rotatable bonds is 7. The lowest BCUT2D eigenvalue weighted by Crippen LogP contribution is -2.19. The predicted molar refractivity (Wildman–Crippen MR) is 108 cm³/mol. The highest BCUT2D eigenvalue weighted by atomic mass is 35.5. The van der Waals surface area contributed by atoms with E-state index in [1.165, 1.54) is 23.1 Å². The summed E-state index contributed by atoms with van der Waals surface area (Å²) in [6.07, 6.45) is 1.56. The largest absolute Gasteiger partial charge is 0.330 e. The zero-order chi connectivity index (χ0) is 18.2. The van der Waals surface area contributed by atoms with E-state index >= 15 is 0 Å². The Bertz CT molecular complexity index is 884. The van der Waals surface area contributed by atoms with Crippen molar-refractivity contribution in [2.75, 3.05) is 11.1 Å². The van der Waals surface area contributed by atoms with Crippen molar-refractivity contribution in [1.29, 1.82) is 0 Å². The van der Waals surface area contributed by atoms with Crippen molar-refractivity contribution in [3.05, 3.63) is 65.2 Å². The van der Waals surface area contributed by atoms with Crippen LogP contribution in [-0.2, 0) is 4.79 Å². The molecule has 1 amide bonds. The molecule has 2 aromatic carbocycles. The Hall–Kier alpha value is -2.42. The van der Waals surface area contributed by atoms with Crippen molar-refractivity contribution in [2.45, 2.75) is 4.34 Å². The number of hydrogen-bond donors (Lipinski definition) is 2. The molecule has 3 rings (SSSR count). The lowest BCUT2D eigenvalue weighted by molar-refractivity contribution is -0.118. The Morgan fingerprint density at radius 2 is 1.92 bits per heavy atom. The maximum atomic E-state index is 11.8. The number of anilines is 2. The number of thioether (sulfide) groups is 1. The third-order valence-electron chi connectivity index (χ3n) is 3.03. The highest BCUT2D eigenvalue weighted by Crippen LogP contribution is 2.27. The van der Waals surface area contributed by atoms with Crippen LogP contribution in [0.5, 0.6) is 0 Å². The molecule has 132 valence electrons. The van der Waals surface area contributed by atoms with Crippen LogP contribution < -0.4 is 10.7 Å². The van der Waals surface area contributed by atoms with Crippen LogP contribution in [0.4, 0.5) is 10.8 Å². The maximum absolute atomic E-state index is 11.8. The standard InChI is InChI=1S/C17H14ClN5OS2/c18-13-8-6-12(7-9-13)10-19-21-15(24)11-25-17-23-22-16(26-17)20-14-4-2-1-3-5-14/h1-10H,11H2,(H,20,22)(H,21,24)/b19-10+. The van der Waals surface area contributed by atoms with Gasteiger partial charge in [-0.05, 0) is 29.8 Å². The van der Waals surface area contributed by atoms with Crippen LogP contribution in [0.15, 0.2) is 64.0 Å². The molecule has 3 aromatic rings. The summed E-state index contributed by atoms with van der Waals surface area (Å²) in [6.45, 7) is 0. The number of nitrogens with zero attached hydrogens (tertiary/aromatic N) is 3. The van der Waals surface area contributed by atoms with Crippen LogP contribution in [0, 0.1) is 0 Å². The lowest BCUT2D eigenvalue weighted by Gasteiger charge is -1.99. The van der Waals surface area contributed by atoms with E-state index in [9.17, 15) is 4.79 Å². The van der Waals surface area contributed by atoms with Crippen LogP contribution in [0.2, 0.25) is 5.02 Å². The quantitative estimate of drug-likeness (QED) is 0.351. The molecule has 2 N–H and O–H groups in total. The minimum Gasteiger partial charge on any atom is -0.330 e. The summed E-state index contributed by atoms with van der Waals surface area (Å²) in [5.41, 5.74) is 4.27. The SMILES string of the molecule is O=C(CSc1nnc(Nc2ccccc2)s1)N/N=C/c1ccc(Cl)cc1. The molecule has 1 heterocycles. The first-order valence-electron chi connectivity index (χ1n) is 7.55. The molecule has 0 aliphatic rings. The zero-order valence-corrected chi connectivity index (χ0v) is 15.8. The lowest BCUT2D eigenvalue weighted by atomic mass is 10.2. The minimum atomic E-state index is -0.215. The second-order valence-corrected chi connectivity index (χ2v) is 7.63. The molecule has 0 saturated heterocycles. The van der Waals surface area contributed by atoms with Gasteiger partial charge in [0.1, 0.15) is 0 Å². The van der Waals surface area contributed by atoms with Crippen molar-refractivity contribution in [1.82, 2.24) is 15.6 Å². The van der Waals surface area contributed by atoms with E-state index in [1.54, 1.807) is 18.3 Å².